The van der Waals surface area contributed by atoms with E-state index in [0.29, 0.717) is 39.3 Å². The second-order valence-electron chi connectivity index (χ2n) is 7.48. The van der Waals surface area contributed by atoms with Gasteiger partial charge in [0.1, 0.15) is 5.58 Å². The maximum Gasteiger partial charge on any atom is 0.295 e. The third kappa shape index (κ3) is 3.54. The van der Waals surface area contributed by atoms with Crippen molar-refractivity contribution in [2.45, 2.75) is 6.04 Å². The van der Waals surface area contributed by atoms with Gasteiger partial charge in [-0.25, -0.2) is 0 Å². The van der Waals surface area contributed by atoms with Crippen LogP contribution >= 0.6 is 31.9 Å². The van der Waals surface area contributed by atoms with Crippen LogP contribution in [0.15, 0.2) is 78.8 Å². The van der Waals surface area contributed by atoms with Gasteiger partial charge < -0.3 is 13.9 Å². The fraction of sp³-hybridized carbons (Fsp3) is 0.120. The zero-order valence-electron chi connectivity index (χ0n) is 17.6. The number of carbonyl (C=O) groups is 1. The third-order valence-electron chi connectivity index (χ3n) is 5.66. The summed E-state index contributed by atoms with van der Waals surface area (Å²) in [6, 6.07) is 17.2. The van der Waals surface area contributed by atoms with Crippen LogP contribution in [0.4, 0.5) is 5.69 Å². The monoisotopic (exact) mass is 569 g/mol. The lowest BCUT2D eigenvalue weighted by atomic mass is 9.97. The minimum absolute atomic E-state index is 0.0394. The first-order valence-electron chi connectivity index (χ1n) is 10.00. The minimum atomic E-state index is -0.701. The zero-order valence-corrected chi connectivity index (χ0v) is 20.8. The summed E-state index contributed by atoms with van der Waals surface area (Å²) in [6.45, 7) is 0. The number of anilines is 1. The molecule has 4 aromatic rings. The lowest BCUT2D eigenvalue weighted by molar-refractivity contribution is 0.0971. The highest BCUT2D eigenvalue weighted by atomic mass is 79.9. The first-order chi connectivity index (χ1) is 15.9. The van der Waals surface area contributed by atoms with Crippen LogP contribution in [-0.4, -0.2) is 20.1 Å². The molecule has 0 saturated carbocycles. The van der Waals surface area contributed by atoms with Crippen LogP contribution in [0.5, 0.6) is 11.5 Å². The van der Waals surface area contributed by atoms with E-state index in [0.717, 1.165) is 8.95 Å². The Bertz CT molecular complexity index is 1460. The summed E-state index contributed by atoms with van der Waals surface area (Å²) in [7, 11) is 3.10. The van der Waals surface area contributed by atoms with E-state index in [-0.39, 0.29) is 17.1 Å². The average molecular weight is 571 g/mol. The van der Waals surface area contributed by atoms with Crippen molar-refractivity contribution in [3.63, 3.8) is 0 Å². The average Bonchev–Trinajstić information content (AvgIpc) is 3.12. The summed E-state index contributed by atoms with van der Waals surface area (Å²) in [5.41, 5.74) is 1.74. The van der Waals surface area contributed by atoms with E-state index in [2.05, 4.69) is 31.9 Å². The molecule has 1 unspecified atom stereocenters. The Hall–Kier alpha value is -3.10. The molecule has 8 heteroatoms. The summed E-state index contributed by atoms with van der Waals surface area (Å²) >= 11 is 6.85. The lowest BCUT2D eigenvalue weighted by Crippen LogP contribution is -2.29. The fourth-order valence-electron chi connectivity index (χ4n) is 4.15. The summed E-state index contributed by atoms with van der Waals surface area (Å²) in [6.07, 6.45) is 0. The molecule has 0 N–H and O–H groups in total. The van der Waals surface area contributed by atoms with Crippen molar-refractivity contribution >= 4 is 54.4 Å². The summed E-state index contributed by atoms with van der Waals surface area (Å²) in [5, 5.41) is 0.402. The van der Waals surface area contributed by atoms with Gasteiger partial charge in [-0.2, -0.15) is 0 Å². The molecule has 0 fully saturated rings. The van der Waals surface area contributed by atoms with Crippen molar-refractivity contribution in [3.8, 4) is 11.5 Å². The molecule has 0 radical (unpaired) electrons. The maximum atomic E-state index is 13.7. The van der Waals surface area contributed by atoms with Crippen molar-refractivity contribution < 1.29 is 18.7 Å². The molecule has 0 saturated heterocycles. The number of methoxy groups -OCH3 is 2. The van der Waals surface area contributed by atoms with E-state index in [9.17, 15) is 9.59 Å². The summed E-state index contributed by atoms with van der Waals surface area (Å²) < 4.78 is 18.5. The molecule has 1 aromatic heterocycles. The van der Waals surface area contributed by atoms with Crippen molar-refractivity contribution in [2.75, 3.05) is 19.1 Å². The molecule has 166 valence electrons. The van der Waals surface area contributed by atoms with Crippen molar-refractivity contribution in [1.82, 2.24) is 0 Å². The van der Waals surface area contributed by atoms with Crippen molar-refractivity contribution in [3.05, 3.63) is 96.7 Å². The number of ether oxygens (including phenoxy) is 2. The number of hydrogen-bond donors (Lipinski definition) is 0. The van der Waals surface area contributed by atoms with E-state index >= 15 is 0 Å². The van der Waals surface area contributed by atoms with Gasteiger partial charge in [0.05, 0.1) is 31.2 Å². The van der Waals surface area contributed by atoms with Gasteiger partial charge >= 0.3 is 0 Å². The Morgan fingerprint density at radius 3 is 2.24 bits per heavy atom. The van der Waals surface area contributed by atoms with E-state index in [1.807, 2.05) is 30.3 Å². The Balaban J connectivity index is 1.81. The standard InChI is InChI=1S/C25H17Br2NO5/c1-31-19-9-3-13(11-20(19)32-2)22-21-23(29)17-12-15(27)6-10-18(17)33-24(21)25(30)28(22)16-7-4-14(26)5-8-16/h3-12,22H,1-2H3. The van der Waals surface area contributed by atoms with Gasteiger partial charge in [-0.3, -0.25) is 14.5 Å². The van der Waals surface area contributed by atoms with Gasteiger partial charge in [-0.05, 0) is 60.2 Å². The van der Waals surface area contributed by atoms with E-state index in [1.54, 1.807) is 49.5 Å². The van der Waals surface area contributed by atoms with Crippen molar-refractivity contribution in [2.24, 2.45) is 0 Å². The molecule has 1 aliphatic rings. The molecule has 5 rings (SSSR count). The molecule has 0 aliphatic carbocycles. The maximum absolute atomic E-state index is 13.7. The molecule has 1 amide bonds. The topological polar surface area (TPSA) is 69.0 Å². The predicted octanol–water partition coefficient (Wildman–Crippen LogP) is 6.09. The Morgan fingerprint density at radius 2 is 1.55 bits per heavy atom. The Labute approximate surface area is 206 Å². The van der Waals surface area contributed by atoms with E-state index in [1.165, 1.54) is 0 Å². The van der Waals surface area contributed by atoms with Crippen LogP contribution in [0.25, 0.3) is 11.0 Å². The number of amides is 1. The number of carbonyl (C=O) groups excluding carboxylic acids is 1. The SMILES string of the molecule is COc1ccc(C2c3c(oc4ccc(Br)cc4c3=O)C(=O)N2c2ccc(Br)cc2)cc1OC. The number of halogens is 2. The first kappa shape index (κ1) is 21.7. The van der Waals surface area contributed by atoms with Gasteiger partial charge in [0, 0.05) is 14.6 Å². The molecule has 1 aliphatic heterocycles. The first-order valence-corrected chi connectivity index (χ1v) is 11.6. The van der Waals surface area contributed by atoms with Crippen LogP contribution in [0.3, 0.4) is 0 Å². The molecular formula is C25H17Br2NO5. The van der Waals surface area contributed by atoms with E-state index in [4.69, 9.17) is 13.9 Å². The summed E-state index contributed by atoms with van der Waals surface area (Å²) in [5.74, 6) is 0.710. The zero-order chi connectivity index (χ0) is 23.3. The molecule has 6 nitrogen and oxygen atoms in total. The number of nitrogens with zero attached hydrogens (tertiary/aromatic N) is 1. The number of rotatable bonds is 4. The van der Waals surface area contributed by atoms with E-state index < -0.39 is 6.04 Å². The molecule has 1 atom stereocenters. The highest BCUT2D eigenvalue weighted by molar-refractivity contribution is 9.10. The van der Waals surface area contributed by atoms with Crippen LogP contribution in [0.2, 0.25) is 0 Å². The third-order valence-corrected chi connectivity index (χ3v) is 6.68. The normalized spacial score (nSPS) is 15.1. The van der Waals surface area contributed by atoms with Crippen LogP contribution in [0.1, 0.15) is 27.7 Å². The quantitative estimate of drug-likeness (QED) is 0.297. The second-order valence-corrected chi connectivity index (χ2v) is 9.31. The highest BCUT2D eigenvalue weighted by Crippen LogP contribution is 2.43. The molecule has 3 aromatic carbocycles. The molecule has 2 heterocycles. The Kier molecular flexibility index (Phi) is 5.50. The van der Waals surface area contributed by atoms with Gasteiger partial charge in [-0.1, -0.05) is 37.9 Å². The van der Waals surface area contributed by atoms with Gasteiger partial charge in [0.25, 0.3) is 5.91 Å². The smallest absolute Gasteiger partial charge is 0.295 e. The molecule has 0 bridgehead atoms. The van der Waals surface area contributed by atoms with Crippen molar-refractivity contribution in [1.29, 1.82) is 0 Å². The predicted molar refractivity (Wildman–Crippen MR) is 133 cm³/mol. The second kappa shape index (κ2) is 8.35. The van der Waals surface area contributed by atoms with Gasteiger partial charge in [-0.15, -0.1) is 0 Å². The minimum Gasteiger partial charge on any atom is -0.493 e. The van der Waals surface area contributed by atoms with Gasteiger partial charge in [0.15, 0.2) is 16.9 Å². The lowest BCUT2D eigenvalue weighted by Gasteiger charge is -2.26. The fourth-order valence-corrected chi connectivity index (χ4v) is 4.78. The van der Waals surface area contributed by atoms with Gasteiger partial charge in [0.2, 0.25) is 5.76 Å². The van der Waals surface area contributed by atoms with Crippen LogP contribution in [0, 0.1) is 0 Å². The highest BCUT2D eigenvalue weighted by Gasteiger charge is 2.44. The Morgan fingerprint density at radius 1 is 0.848 bits per heavy atom. The summed E-state index contributed by atoms with van der Waals surface area (Å²) in [4.78, 5) is 28.9. The molecule has 33 heavy (non-hydrogen) atoms. The van der Waals surface area contributed by atoms with Crippen LogP contribution in [-0.2, 0) is 0 Å². The molecule has 0 spiro atoms. The largest absolute Gasteiger partial charge is 0.493 e. The molecular weight excluding hydrogens is 554 g/mol. The number of fused-ring (bicyclic) bond motifs is 2. The number of hydrogen-bond acceptors (Lipinski definition) is 5. The number of benzene rings is 3. The van der Waals surface area contributed by atoms with Crippen LogP contribution < -0.4 is 19.8 Å².